The molecule has 0 amide bonds. The summed E-state index contributed by atoms with van der Waals surface area (Å²) in [6.45, 7) is 0.820. The summed E-state index contributed by atoms with van der Waals surface area (Å²) in [6, 6.07) is 0. The number of rotatable bonds is 3. The van der Waals surface area contributed by atoms with Crippen LogP contribution in [0.2, 0.25) is 23.2 Å². The summed E-state index contributed by atoms with van der Waals surface area (Å²) in [4.78, 5) is 0. The molecule has 4 heteroatoms. The van der Waals surface area contributed by atoms with E-state index in [1.54, 1.807) is 0 Å². The van der Waals surface area contributed by atoms with Gasteiger partial charge in [-0.3, -0.25) is 0 Å². The zero-order valence-corrected chi connectivity index (χ0v) is 14.5. The van der Waals surface area contributed by atoms with Crippen molar-refractivity contribution < 1.29 is 20.6 Å². The molecule has 0 bridgehead atoms. The van der Waals surface area contributed by atoms with Crippen LogP contribution in [-0.4, -0.2) is 6.61 Å². The van der Waals surface area contributed by atoms with E-state index in [4.69, 9.17) is 2.81 Å². The molecule has 0 aliphatic heterocycles. The second kappa shape index (κ2) is 4.65. The quantitative estimate of drug-likeness (QED) is 0.696. The maximum atomic E-state index is 6.18. The molecular weight excluding hydrogens is 310 g/mol. The average molecular weight is 334 g/mol. The van der Waals surface area contributed by atoms with Gasteiger partial charge < -0.3 is 0 Å². The molecule has 1 nitrogen and oxygen atoms in total. The van der Waals surface area contributed by atoms with Crippen molar-refractivity contribution >= 4 is 24.8 Å². The first-order valence-electron chi connectivity index (χ1n) is 5.06. The van der Waals surface area contributed by atoms with E-state index in [1.807, 2.05) is 0 Å². The van der Waals surface area contributed by atoms with Gasteiger partial charge in [-0.2, -0.15) is 0 Å². The van der Waals surface area contributed by atoms with Gasteiger partial charge in [0, 0.05) is 0 Å². The van der Waals surface area contributed by atoms with E-state index in [0.29, 0.717) is 0 Å². The summed E-state index contributed by atoms with van der Waals surface area (Å²) in [5.41, 5.74) is 1.41. The summed E-state index contributed by atoms with van der Waals surface area (Å²) in [5, 5.41) is 0. The van der Waals surface area contributed by atoms with Crippen molar-refractivity contribution in [2.45, 2.75) is 29.6 Å². The first-order valence-corrected chi connectivity index (χ1v) is 18.4. The summed E-state index contributed by atoms with van der Waals surface area (Å²) in [5.74, 6) is 0. The van der Waals surface area contributed by atoms with Gasteiger partial charge in [0.2, 0.25) is 0 Å². The standard InChI is InChI=1S/C6H7O.5CH3.2ClH.Zr/c7-5-6-3-1-2-4-6;;;;;;;;/h1-3H,4-5H2;5*1H3;2*1H;/q-1;;;;;;;;+1. The van der Waals surface area contributed by atoms with Gasteiger partial charge in [-0.05, 0) is 0 Å². The molecule has 15 heavy (non-hydrogen) atoms. The van der Waals surface area contributed by atoms with Gasteiger partial charge >= 0.3 is 80.5 Å². The Morgan fingerprint density at radius 1 is 1.13 bits per heavy atom. The Morgan fingerprint density at radius 2 is 1.67 bits per heavy atom. The van der Waals surface area contributed by atoms with Gasteiger partial charge in [0.15, 0.2) is 0 Å². The van der Waals surface area contributed by atoms with E-state index in [-0.39, 0.29) is 24.8 Å². The second-order valence-corrected chi connectivity index (χ2v) is 38.1. The molecule has 1 rings (SSSR count). The molecule has 0 heterocycles. The van der Waals surface area contributed by atoms with Gasteiger partial charge in [-0.25, -0.2) is 0 Å². The number of halogens is 2. The molecule has 0 aromatic heterocycles. The summed E-state index contributed by atoms with van der Waals surface area (Å²) in [6.07, 6.45) is 7.54. The maximum absolute atomic E-state index is 6.18. The van der Waals surface area contributed by atoms with Crippen molar-refractivity contribution in [2.75, 3.05) is 6.61 Å². The molecule has 0 atom stereocenters. The number of allylic oxidation sites excluding steroid dienone is 3. The van der Waals surface area contributed by atoms with Gasteiger partial charge in [-0.1, -0.05) is 0 Å². The molecule has 1 aliphatic carbocycles. The molecule has 1 aliphatic rings. The van der Waals surface area contributed by atoms with E-state index in [1.165, 1.54) is 5.57 Å². The minimum atomic E-state index is -3.13. The Bertz CT molecular complexity index is 271. The molecule has 0 spiro atoms. The first kappa shape index (κ1) is 18.3. The fraction of sp³-hybridized carbons (Fsp3) is 0.636. The van der Waals surface area contributed by atoms with Crippen molar-refractivity contribution in [1.82, 2.24) is 0 Å². The van der Waals surface area contributed by atoms with Gasteiger partial charge in [0.1, 0.15) is 0 Å². The Morgan fingerprint density at radius 3 is 2.00 bits per heavy atom. The van der Waals surface area contributed by atoms with Crippen LogP contribution in [-0.2, 0) is 20.6 Å². The third kappa shape index (κ3) is 9.81. The molecule has 0 unspecified atom stereocenters. The van der Waals surface area contributed by atoms with Crippen LogP contribution in [0, 0.1) is 0 Å². The van der Waals surface area contributed by atoms with Gasteiger partial charge in [0.05, 0.1) is 0 Å². The SMILES string of the molecule is Cl.Cl.[CH3][Zr]([CH3])([CH3])([CH3])([CH3])[O]CC1=CC=CC1. The van der Waals surface area contributed by atoms with Crippen LogP contribution in [0.25, 0.3) is 0 Å². The molecule has 0 aromatic carbocycles. The van der Waals surface area contributed by atoms with Crippen molar-refractivity contribution in [3.63, 3.8) is 0 Å². The average Bonchev–Trinajstić information content (AvgIpc) is 2.29. The molecule has 0 saturated heterocycles. The van der Waals surface area contributed by atoms with Crippen molar-refractivity contribution in [3.05, 3.63) is 23.8 Å². The van der Waals surface area contributed by atoms with E-state index in [2.05, 4.69) is 41.4 Å². The fourth-order valence-electron chi connectivity index (χ4n) is 1.05. The number of hydrogen-bond donors (Lipinski definition) is 0. The van der Waals surface area contributed by atoms with Gasteiger partial charge in [-0.15, -0.1) is 24.8 Å². The van der Waals surface area contributed by atoms with E-state index >= 15 is 0 Å². The van der Waals surface area contributed by atoms with Crippen LogP contribution in [0.4, 0.5) is 0 Å². The molecule has 0 radical (unpaired) electrons. The van der Waals surface area contributed by atoms with Crippen LogP contribution < -0.4 is 0 Å². The molecule has 0 fully saturated rings. The molecule has 0 saturated carbocycles. The molecular formula is C11H24Cl2OZr. The predicted octanol–water partition coefficient (Wildman–Crippen LogP) is 5.11. The monoisotopic (exact) mass is 332 g/mol. The zero-order valence-electron chi connectivity index (χ0n) is 10.4. The summed E-state index contributed by atoms with van der Waals surface area (Å²) >= 11 is -3.13. The summed E-state index contributed by atoms with van der Waals surface area (Å²) < 4.78 is 17.8. The first-order chi connectivity index (χ1) is 5.55. The Kier molecular flexibility index (Phi) is 5.66. The molecule has 0 aromatic rings. The Hall–Kier alpha value is 0.903. The van der Waals surface area contributed by atoms with E-state index < -0.39 is 17.7 Å². The zero-order chi connectivity index (χ0) is 10.2. The van der Waals surface area contributed by atoms with Crippen molar-refractivity contribution in [3.8, 4) is 0 Å². The van der Waals surface area contributed by atoms with E-state index in [0.717, 1.165) is 13.0 Å². The Labute approximate surface area is 105 Å². The predicted molar refractivity (Wildman–Crippen MR) is 71.6 cm³/mol. The number of hydrogen-bond acceptors (Lipinski definition) is 1. The second-order valence-electron chi connectivity index (χ2n) is 7.77. The van der Waals surface area contributed by atoms with Crippen LogP contribution >= 0.6 is 24.8 Å². The van der Waals surface area contributed by atoms with Crippen molar-refractivity contribution in [1.29, 1.82) is 0 Å². The van der Waals surface area contributed by atoms with Crippen LogP contribution in [0.1, 0.15) is 6.42 Å². The summed E-state index contributed by atoms with van der Waals surface area (Å²) in [7, 11) is 0. The Balaban J connectivity index is 0. The van der Waals surface area contributed by atoms with Crippen LogP contribution in [0.5, 0.6) is 0 Å². The third-order valence-corrected chi connectivity index (χ3v) is 5.73. The normalized spacial score (nSPS) is 19.4. The van der Waals surface area contributed by atoms with Crippen LogP contribution in [0.15, 0.2) is 23.8 Å². The fourth-order valence-corrected chi connectivity index (χ4v) is 3.28. The topological polar surface area (TPSA) is 9.23 Å². The molecule has 92 valence electrons. The van der Waals surface area contributed by atoms with Crippen LogP contribution in [0.3, 0.4) is 0 Å². The molecule has 0 N–H and O–H groups in total. The minimum absolute atomic E-state index is 0. The van der Waals surface area contributed by atoms with Gasteiger partial charge in [0.25, 0.3) is 0 Å². The van der Waals surface area contributed by atoms with Crippen molar-refractivity contribution in [2.24, 2.45) is 0 Å². The van der Waals surface area contributed by atoms with E-state index in [9.17, 15) is 0 Å². The third-order valence-electron chi connectivity index (χ3n) is 1.83.